The Morgan fingerprint density at radius 2 is 1.76 bits per heavy atom. The van der Waals surface area contributed by atoms with Gasteiger partial charge in [0.2, 0.25) is 0 Å². The van der Waals surface area contributed by atoms with Crippen LogP contribution in [0.3, 0.4) is 0 Å². The Kier molecular flexibility index (Phi) is 5.71. The zero-order chi connectivity index (χ0) is 21.2. The molecule has 0 saturated heterocycles. The smallest absolute Gasteiger partial charge is 0.336 e. The summed E-state index contributed by atoms with van der Waals surface area (Å²) in [7, 11) is -3.90. The topological polar surface area (TPSA) is 115 Å². The molecule has 152 valence electrons. The van der Waals surface area contributed by atoms with Crippen LogP contribution in [0, 0.1) is 13.8 Å². The molecule has 2 N–H and O–H groups in total. The van der Waals surface area contributed by atoms with Gasteiger partial charge in [-0.1, -0.05) is 17.7 Å². The van der Waals surface area contributed by atoms with Crippen LogP contribution in [0.1, 0.15) is 18.1 Å². The lowest BCUT2D eigenvalue weighted by Gasteiger charge is -2.15. The molecule has 0 fully saturated rings. The van der Waals surface area contributed by atoms with Crippen LogP contribution in [0.25, 0.3) is 11.0 Å². The van der Waals surface area contributed by atoms with E-state index in [2.05, 4.69) is 5.43 Å². The summed E-state index contributed by atoms with van der Waals surface area (Å²) in [4.78, 5) is 25.8. The highest BCUT2D eigenvalue weighted by molar-refractivity contribution is 7.89. The second-order valence-electron chi connectivity index (χ2n) is 6.57. The van der Waals surface area contributed by atoms with Crippen LogP contribution in [0.15, 0.2) is 62.6 Å². The van der Waals surface area contributed by atoms with Crippen molar-refractivity contribution < 1.29 is 22.4 Å². The zero-order valence-electron chi connectivity index (χ0n) is 16.1. The molecule has 8 nitrogen and oxygen atoms in total. The van der Waals surface area contributed by atoms with Crippen molar-refractivity contribution in [3.8, 4) is 5.75 Å². The Balaban J connectivity index is 1.67. The van der Waals surface area contributed by atoms with Gasteiger partial charge in [0.05, 0.1) is 4.90 Å². The summed E-state index contributed by atoms with van der Waals surface area (Å²) >= 11 is 0. The van der Waals surface area contributed by atoms with E-state index in [1.165, 1.54) is 31.2 Å². The van der Waals surface area contributed by atoms with Gasteiger partial charge in [0, 0.05) is 17.5 Å². The summed E-state index contributed by atoms with van der Waals surface area (Å²) in [6.07, 6.45) is -1.01. The number of ether oxygens (including phenoxy) is 1. The molecule has 3 rings (SSSR count). The van der Waals surface area contributed by atoms with Crippen molar-refractivity contribution in [1.29, 1.82) is 0 Å². The third-order valence-electron chi connectivity index (χ3n) is 4.24. The van der Waals surface area contributed by atoms with E-state index in [1.54, 1.807) is 31.2 Å². The molecule has 0 saturated carbocycles. The molecule has 1 amide bonds. The second kappa shape index (κ2) is 8.06. The minimum absolute atomic E-state index is 0.0249. The number of benzene rings is 2. The first-order chi connectivity index (χ1) is 13.7. The van der Waals surface area contributed by atoms with Crippen molar-refractivity contribution in [3.63, 3.8) is 0 Å². The van der Waals surface area contributed by atoms with E-state index in [1.807, 2.05) is 11.8 Å². The summed E-state index contributed by atoms with van der Waals surface area (Å²) in [5.74, 6) is -0.387. The summed E-state index contributed by atoms with van der Waals surface area (Å²) in [6.45, 7) is 5.09. The average molecular weight is 416 g/mol. The molecule has 1 atom stereocenters. The molecule has 9 heteroatoms. The number of carbonyl (C=O) groups excluding carboxylic acids is 1. The van der Waals surface area contributed by atoms with Gasteiger partial charge in [-0.15, -0.1) is 4.83 Å². The molecule has 0 radical (unpaired) electrons. The monoisotopic (exact) mass is 416 g/mol. The number of sulfonamides is 1. The van der Waals surface area contributed by atoms with Crippen molar-refractivity contribution in [2.24, 2.45) is 0 Å². The summed E-state index contributed by atoms with van der Waals surface area (Å²) in [6, 6.07) is 12.4. The van der Waals surface area contributed by atoms with Gasteiger partial charge in [-0.3, -0.25) is 10.2 Å². The highest BCUT2D eigenvalue weighted by Crippen LogP contribution is 2.23. The first-order valence-corrected chi connectivity index (χ1v) is 10.2. The molecule has 0 bridgehead atoms. The number of hydrazine groups is 1. The van der Waals surface area contributed by atoms with E-state index >= 15 is 0 Å². The SMILES string of the molecule is Cc1ccc(S(=O)(=O)NNC(=O)[C@@H](C)Oc2ccc3c(C)cc(=O)oc3c2)cc1. The Hall–Kier alpha value is -3.17. The lowest BCUT2D eigenvalue weighted by molar-refractivity contribution is -0.127. The number of nitrogens with one attached hydrogen (secondary N) is 2. The minimum Gasteiger partial charge on any atom is -0.481 e. The molecule has 0 unspecified atom stereocenters. The van der Waals surface area contributed by atoms with Gasteiger partial charge < -0.3 is 9.15 Å². The van der Waals surface area contributed by atoms with Gasteiger partial charge in [0.25, 0.3) is 15.9 Å². The molecule has 1 aromatic heterocycles. The van der Waals surface area contributed by atoms with Crippen molar-refractivity contribution in [2.75, 3.05) is 0 Å². The van der Waals surface area contributed by atoms with Crippen LogP contribution in [-0.4, -0.2) is 20.4 Å². The molecular weight excluding hydrogens is 396 g/mol. The number of hydrogen-bond acceptors (Lipinski definition) is 6. The fourth-order valence-electron chi connectivity index (χ4n) is 2.63. The predicted molar refractivity (Wildman–Crippen MR) is 107 cm³/mol. The molecule has 0 aliphatic heterocycles. The lowest BCUT2D eigenvalue weighted by atomic mass is 10.1. The third kappa shape index (κ3) is 4.82. The third-order valence-corrected chi connectivity index (χ3v) is 5.51. The van der Waals surface area contributed by atoms with Crippen LogP contribution in [0.4, 0.5) is 0 Å². The van der Waals surface area contributed by atoms with Crippen LogP contribution >= 0.6 is 0 Å². The van der Waals surface area contributed by atoms with Crippen molar-refractivity contribution in [2.45, 2.75) is 31.8 Å². The summed E-state index contributed by atoms with van der Waals surface area (Å²) in [5, 5.41) is 0.750. The fourth-order valence-corrected chi connectivity index (χ4v) is 3.48. The van der Waals surface area contributed by atoms with Crippen LogP contribution < -0.4 is 20.6 Å². The number of aryl methyl sites for hydroxylation is 2. The summed E-state index contributed by atoms with van der Waals surface area (Å²) < 4.78 is 35.1. The van der Waals surface area contributed by atoms with Crippen LogP contribution in [0.2, 0.25) is 0 Å². The van der Waals surface area contributed by atoms with Gasteiger partial charge >= 0.3 is 5.63 Å². The number of rotatable bonds is 6. The van der Waals surface area contributed by atoms with Crippen LogP contribution in [0.5, 0.6) is 5.75 Å². The van der Waals surface area contributed by atoms with E-state index < -0.39 is 27.7 Å². The Morgan fingerprint density at radius 1 is 1.07 bits per heavy atom. The van der Waals surface area contributed by atoms with E-state index in [9.17, 15) is 18.0 Å². The first kappa shape index (κ1) is 20.6. The zero-order valence-corrected chi connectivity index (χ0v) is 16.9. The number of amides is 1. The van der Waals surface area contributed by atoms with Crippen LogP contribution in [-0.2, 0) is 14.8 Å². The van der Waals surface area contributed by atoms with E-state index in [-0.39, 0.29) is 4.90 Å². The highest BCUT2D eigenvalue weighted by atomic mass is 32.2. The maximum absolute atomic E-state index is 12.2. The highest BCUT2D eigenvalue weighted by Gasteiger charge is 2.19. The number of carbonyl (C=O) groups is 1. The van der Waals surface area contributed by atoms with E-state index in [4.69, 9.17) is 9.15 Å². The largest absolute Gasteiger partial charge is 0.481 e. The van der Waals surface area contributed by atoms with Gasteiger partial charge in [0.1, 0.15) is 11.3 Å². The normalized spacial score (nSPS) is 12.5. The number of fused-ring (bicyclic) bond motifs is 1. The van der Waals surface area contributed by atoms with E-state index in [0.29, 0.717) is 11.3 Å². The molecule has 29 heavy (non-hydrogen) atoms. The maximum Gasteiger partial charge on any atom is 0.336 e. The maximum atomic E-state index is 12.2. The van der Waals surface area contributed by atoms with E-state index in [0.717, 1.165) is 16.5 Å². The average Bonchev–Trinajstić information content (AvgIpc) is 2.66. The quantitative estimate of drug-likeness (QED) is 0.470. The predicted octanol–water partition coefficient (Wildman–Crippen LogP) is 2.19. The Labute approximate surface area is 167 Å². The van der Waals surface area contributed by atoms with Crippen molar-refractivity contribution in [1.82, 2.24) is 10.3 Å². The van der Waals surface area contributed by atoms with Gasteiger partial charge in [-0.2, -0.15) is 0 Å². The molecule has 1 heterocycles. The molecule has 2 aromatic carbocycles. The fraction of sp³-hybridized carbons (Fsp3) is 0.200. The lowest BCUT2D eigenvalue weighted by Crippen LogP contribution is -2.47. The molecule has 0 aliphatic rings. The Bertz CT molecular complexity index is 1220. The minimum atomic E-state index is -3.90. The molecule has 0 aliphatic carbocycles. The number of hydrogen-bond donors (Lipinski definition) is 2. The van der Waals surface area contributed by atoms with Crippen molar-refractivity contribution in [3.05, 3.63) is 70.1 Å². The summed E-state index contributed by atoms with van der Waals surface area (Å²) in [5.41, 5.74) is 3.66. The van der Waals surface area contributed by atoms with Gasteiger partial charge in [-0.25, -0.2) is 13.2 Å². The molecular formula is C20H20N2O6S. The molecule has 0 spiro atoms. The first-order valence-electron chi connectivity index (χ1n) is 8.75. The van der Waals surface area contributed by atoms with Gasteiger partial charge in [-0.05, 0) is 50.6 Å². The molecule has 3 aromatic rings. The Morgan fingerprint density at radius 3 is 2.45 bits per heavy atom. The standard InChI is InChI=1S/C20H20N2O6S/c1-12-4-7-16(8-5-12)29(25,26)22-21-20(24)14(3)27-15-6-9-17-13(2)10-19(23)28-18(17)11-15/h4-11,14,22H,1-3H3,(H,21,24)/t14-/m1/s1. The second-order valence-corrected chi connectivity index (χ2v) is 8.26. The van der Waals surface area contributed by atoms with Crippen molar-refractivity contribution >= 4 is 26.9 Å². The van der Waals surface area contributed by atoms with Gasteiger partial charge in [0.15, 0.2) is 6.10 Å².